The first-order valence-electron chi connectivity index (χ1n) is 5.33. The van der Waals surface area contributed by atoms with E-state index >= 15 is 0 Å². The monoisotopic (exact) mass is 259 g/mol. The van der Waals surface area contributed by atoms with Gasteiger partial charge in [-0.05, 0) is 30.3 Å². The topological polar surface area (TPSA) is 60.0 Å². The Bertz CT molecular complexity index is 584. The first kappa shape index (κ1) is 12.4. The van der Waals surface area contributed by atoms with E-state index in [1.165, 1.54) is 0 Å². The molecular formula is C13H13N3OS. The average molecular weight is 259 g/mol. The van der Waals surface area contributed by atoms with Crippen LogP contribution in [0.4, 0.5) is 17.1 Å². The number of nitrogens with zero attached hydrogens (tertiary/aromatic N) is 2. The molecule has 0 aliphatic carbocycles. The van der Waals surface area contributed by atoms with Crippen LogP contribution in [0.2, 0.25) is 0 Å². The van der Waals surface area contributed by atoms with Gasteiger partial charge in [-0.1, -0.05) is 6.07 Å². The number of methoxy groups -OCH3 is 1. The Labute approximate surface area is 111 Å². The summed E-state index contributed by atoms with van der Waals surface area (Å²) >= 11 is 4.24. The molecule has 92 valence electrons. The second-order valence-electron chi connectivity index (χ2n) is 3.65. The predicted molar refractivity (Wildman–Crippen MR) is 75.3 cm³/mol. The summed E-state index contributed by atoms with van der Waals surface area (Å²) < 4.78 is 5.12. The van der Waals surface area contributed by atoms with Crippen LogP contribution in [0.3, 0.4) is 0 Å². The highest BCUT2D eigenvalue weighted by atomic mass is 32.1. The molecule has 0 fully saturated rings. The predicted octanol–water partition coefficient (Wildman–Crippen LogP) is 3.98. The maximum absolute atomic E-state index is 5.72. The molecule has 0 unspecified atom stereocenters. The van der Waals surface area contributed by atoms with Crippen molar-refractivity contribution in [3.8, 4) is 5.75 Å². The summed E-state index contributed by atoms with van der Waals surface area (Å²) in [6.07, 6.45) is 0. The molecule has 0 saturated heterocycles. The van der Waals surface area contributed by atoms with Gasteiger partial charge in [0.05, 0.1) is 24.2 Å². The first-order valence-corrected chi connectivity index (χ1v) is 5.78. The highest BCUT2D eigenvalue weighted by Gasteiger charge is 2.00. The second-order valence-corrected chi connectivity index (χ2v) is 4.16. The number of hydrogen-bond donors (Lipinski definition) is 2. The van der Waals surface area contributed by atoms with Gasteiger partial charge < -0.3 is 10.5 Å². The molecule has 4 nitrogen and oxygen atoms in total. The van der Waals surface area contributed by atoms with E-state index in [0.29, 0.717) is 17.1 Å². The molecule has 0 heterocycles. The number of ether oxygens (including phenoxy) is 1. The Morgan fingerprint density at radius 1 is 1.06 bits per heavy atom. The van der Waals surface area contributed by atoms with Crippen LogP contribution in [-0.4, -0.2) is 7.11 Å². The number of nitrogens with two attached hydrogens (primary N) is 1. The first-order chi connectivity index (χ1) is 8.69. The van der Waals surface area contributed by atoms with Gasteiger partial charge in [0.1, 0.15) is 5.75 Å². The van der Waals surface area contributed by atoms with Crippen LogP contribution in [0.1, 0.15) is 0 Å². The number of thiol groups is 1. The Morgan fingerprint density at radius 2 is 1.78 bits per heavy atom. The summed E-state index contributed by atoms with van der Waals surface area (Å²) in [6, 6.07) is 12.7. The lowest BCUT2D eigenvalue weighted by Gasteiger charge is -2.03. The summed E-state index contributed by atoms with van der Waals surface area (Å²) in [4.78, 5) is 0.848. The normalized spacial score (nSPS) is 10.8. The fraction of sp³-hybridized carbons (Fsp3) is 0.0769. The Morgan fingerprint density at radius 3 is 2.44 bits per heavy atom. The van der Waals surface area contributed by atoms with Gasteiger partial charge in [0.15, 0.2) is 0 Å². The van der Waals surface area contributed by atoms with Crippen LogP contribution >= 0.6 is 12.6 Å². The zero-order chi connectivity index (χ0) is 13.0. The summed E-state index contributed by atoms with van der Waals surface area (Å²) in [7, 11) is 1.57. The van der Waals surface area contributed by atoms with Gasteiger partial charge in [0.25, 0.3) is 0 Å². The van der Waals surface area contributed by atoms with Crippen LogP contribution in [0.25, 0.3) is 0 Å². The van der Waals surface area contributed by atoms with Crippen molar-refractivity contribution in [2.75, 3.05) is 12.8 Å². The largest absolute Gasteiger partial charge is 0.495 e. The molecular weight excluding hydrogens is 246 g/mol. The third-order valence-corrected chi connectivity index (χ3v) is 2.61. The van der Waals surface area contributed by atoms with E-state index in [9.17, 15) is 0 Å². The third-order valence-electron chi connectivity index (χ3n) is 2.33. The van der Waals surface area contributed by atoms with E-state index in [1.807, 2.05) is 24.3 Å². The van der Waals surface area contributed by atoms with Crippen molar-refractivity contribution in [1.82, 2.24) is 0 Å². The Hall–Kier alpha value is -2.01. The zero-order valence-corrected chi connectivity index (χ0v) is 10.8. The van der Waals surface area contributed by atoms with Gasteiger partial charge in [-0.2, -0.15) is 10.2 Å². The number of nitrogen functional groups attached to an aromatic ring is 1. The highest BCUT2D eigenvalue weighted by Crippen LogP contribution is 2.28. The van der Waals surface area contributed by atoms with Gasteiger partial charge >= 0.3 is 0 Å². The van der Waals surface area contributed by atoms with E-state index in [2.05, 4.69) is 22.9 Å². The SMILES string of the molecule is COc1cc(N=Nc2cccc(S)c2)ccc1N. The summed E-state index contributed by atoms with van der Waals surface area (Å²) in [6.45, 7) is 0. The molecule has 0 amide bonds. The zero-order valence-electron chi connectivity index (χ0n) is 9.87. The number of benzene rings is 2. The lowest BCUT2D eigenvalue weighted by atomic mass is 10.2. The fourth-order valence-electron chi connectivity index (χ4n) is 1.43. The van der Waals surface area contributed by atoms with Crippen molar-refractivity contribution in [3.05, 3.63) is 42.5 Å². The van der Waals surface area contributed by atoms with Crippen LogP contribution in [0, 0.1) is 0 Å². The smallest absolute Gasteiger partial charge is 0.143 e. The van der Waals surface area contributed by atoms with Crippen molar-refractivity contribution >= 4 is 29.7 Å². The lowest BCUT2D eigenvalue weighted by Crippen LogP contribution is -1.90. The lowest BCUT2D eigenvalue weighted by molar-refractivity contribution is 0.417. The van der Waals surface area contributed by atoms with Crippen LogP contribution in [0.15, 0.2) is 57.6 Å². The molecule has 0 aliphatic rings. The summed E-state index contributed by atoms with van der Waals surface area (Å²) in [5, 5.41) is 8.24. The Kier molecular flexibility index (Phi) is 3.84. The number of azo groups is 1. The van der Waals surface area contributed by atoms with Gasteiger partial charge in [-0.15, -0.1) is 12.6 Å². The van der Waals surface area contributed by atoms with E-state index in [0.717, 1.165) is 10.6 Å². The molecule has 0 saturated carbocycles. The van der Waals surface area contributed by atoms with Crippen LogP contribution in [-0.2, 0) is 0 Å². The molecule has 5 heteroatoms. The van der Waals surface area contributed by atoms with Crippen molar-refractivity contribution in [3.63, 3.8) is 0 Å². The standard InChI is InChI=1S/C13H13N3OS/c1-17-13-8-10(5-6-12(13)14)16-15-9-3-2-4-11(18)7-9/h2-8,18H,14H2,1H3. The van der Waals surface area contributed by atoms with Crippen molar-refractivity contribution in [2.45, 2.75) is 4.90 Å². The molecule has 0 bridgehead atoms. The minimum absolute atomic E-state index is 0.578. The molecule has 0 spiro atoms. The maximum Gasteiger partial charge on any atom is 0.143 e. The van der Waals surface area contributed by atoms with Gasteiger partial charge in [-0.3, -0.25) is 0 Å². The summed E-state index contributed by atoms with van der Waals surface area (Å²) in [5.41, 5.74) is 7.73. The van der Waals surface area contributed by atoms with Crippen LogP contribution in [0.5, 0.6) is 5.75 Å². The van der Waals surface area contributed by atoms with Gasteiger partial charge in [0.2, 0.25) is 0 Å². The number of rotatable bonds is 3. The fourth-order valence-corrected chi connectivity index (χ4v) is 1.65. The average Bonchev–Trinajstić information content (AvgIpc) is 2.38. The van der Waals surface area contributed by atoms with Crippen LogP contribution < -0.4 is 10.5 Å². The van der Waals surface area contributed by atoms with E-state index in [-0.39, 0.29) is 0 Å². The molecule has 0 aliphatic heterocycles. The molecule has 18 heavy (non-hydrogen) atoms. The van der Waals surface area contributed by atoms with Crippen molar-refractivity contribution < 1.29 is 4.74 Å². The number of anilines is 1. The minimum Gasteiger partial charge on any atom is -0.495 e. The van der Waals surface area contributed by atoms with Gasteiger partial charge in [-0.25, -0.2) is 0 Å². The van der Waals surface area contributed by atoms with E-state index in [1.54, 1.807) is 25.3 Å². The highest BCUT2D eigenvalue weighted by molar-refractivity contribution is 7.80. The minimum atomic E-state index is 0.578. The molecule has 0 atom stereocenters. The summed E-state index contributed by atoms with van der Waals surface area (Å²) in [5.74, 6) is 0.592. The Balaban J connectivity index is 2.23. The molecule has 2 aromatic rings. The van der Waals surface area contributed by atoms with Gasteiger partial charge in [0, 0.05) is 11.0 Å². The third kappa shape index (κ3) is 3.01. The van der Waals surface area contributed by atoms with E-state index < -0.39 is 0 Å². The maximum atomic E-state index is 5.72. The quantitative estimate of drug-likeness (QED) is 0.497. The van der Waals surface area contributed by atoms with Crippen molar-refractivity contribution in [1.29, 1.82) is 0 Å². The van der Waals surface area contributed by atoms with Crippen molar-refractivity contribution in [2.24, 2.45) is 10.2 Å². The molecule has 0 radical (unpaired) electrons. The van der Waals surface area contributed by atoms with E-state index in [4.69, 9.17) is 10.5 Å². The molecule has 2 rings (SSSR count). The second kappa shape index (κ2) is 5.55. The molecule has 0 aromatic heterocycles. The number of hydrogen-bond acceptors (Lipinski definition) is 5. The molecule has 2 N–H and O–H groups in total. The molecule has 2 aromatic carbocycles.